The minimum Gasteiger partial charge on any atom is -0.346 e. The number of carbonyl (C=O) groups is 1. The fourth-order valence-electron chi connectivity index (χ4n) is 1.93. The first-order valence-electron chi connectivity index (χ1n) is 6.49. The minimum absolute atomic E-state index is 0.119. The molecule has 0 saturated carbocycles. The van der Waals surface area contributed by atoms with Crippen molar-refractivity contribution in [3.63, 3.8) is 0 Å². The standard InChI is InChI=1S/C14H16FN5O/c1-2-9-4-3-6-17-11(9)8-19-14(21)10-5-7-18-13(20-16)12(10)15/h3-7H,2,8,16H2,1H3,(H,18,20)(H,19,21). The Morgan fingerprint density at radius 2 is 2.14 bits per heavy atom. The molecule has 4 N–H and O–H groups in total. The van der Waals surface area contributed by atoms with Crippen LogP contribution in [-0.4, -0.2) is 15.9 Å². The Labute approximate surface area is 121 Å². The van der Waals surface area contributed by atoms with Gasteiger partial charge < -0.3 is 10.7 Å². The van der Waals surface area contributed by atoms with E-state index in [1.807, 2.05) is 19.1 Å². The summed E-state index contributed by atoms with van der Waals surface area (Å²) in [6.45, 7) is 2.24. The first kappa shape index (κ1) is 14.9. The number of amides is 1. The third kappa shape index (κ3) is 3.32. The van der Waals surface area contributed by atoms with Crippen molar-refractivity contribution in [2.24, 2.45) is 5.84 Å². The summed E-state index contributed by atoms with van der Waals surface area (Å²) in [5, 5.41) is 2.64. The molecule has 2 aromatic rings. The molecule has 0 spiro atoms. The van der Waals surface area contributed by atoms with Gasteiger partial charge in [0, 0.05) is 12.4 Å². The summed E-state index contributed by atoms with van der Waals surface area (Å²) in [5.41, 5.74) is 3.79. The van der Waals surface area contributed by atoms with E-state index in [-0.39, 0.29) is 17.9 Å². The molecule has 21 heavy (non-hydrogen) atoms. The number of hydrazine groups is 1. The van der Waals surface area contributed by atoms with E-state index in [0.29, 0.717) is 0 Å². The minimum atomic E-state index is -0.783. The number of rotatable bonds is 5. The fraction of sp³-hybridized carbons (Fsp3) is 0.214. The van der Waals surface area contributed by atoms with Crippen LogP contribution in [-0.2, 0) is 13.0 Å². The van der Waals surface area contributed by atoms with E-state index >= 15 is 0 Å². The maximum atomic E-state index is 13.9. The third-order valence-corrected chi connectivity index (χ3v) is 3.05. The summed E-state index contributed by atoms with van der Waals surface area (Å²) < 4.78 is 13.9. The topological polar surface area (TPSA) is 92.9 Å². The van der Waals surface area contributed by atoms with Gasteiger partial charge in [-0.25, -0.2) is 15.2 Å². The molecule has 110 valence electrons. The summed E-state index contributed by atoms with van der Waals surface area (Å²) in [6, 6.07) is 5.08. The van der Waals surface area contributed by atoms with Crippen LogP contribution in [0.4, 0.5) is 10.2 Å². The van der Waals surface area contributed by atoms with Crippen LogP contribution in [0.1, 0.15) is 28.5 Å². The average Bonchev–Trinajstić information content (AvgIpc) is 2.53. The van der Waals surface area contributed by atoms with Crippen molar-refractivity contribution in [2.75, 3.05) is 5.43 Å². The first-order chi connectivity index (χ1) is 10.2. The number of carbonyl (C=O) groups excluding carboxylic acids is 1. The zero-order valence-corrected chi connectivity index (χ0v) is 11.6. The number of nitrogens with zero attached hydrogens (tertiary/aromatic N) is 2. The van der Waals surface area contributed by atoms with Gasteiger partial charge in [-0.05, 0) is 24.1 Å². The molecule has 0 radical (unpaired) electrons. The van der Waals surface area contributed by atoms with Crippen LogP contribution in [0.5, 0.6) is 0 Å². The second-order valence-electron chi connectivity index (χ2n) is 4.31. The van der Waals surface area contributed by atoms with E-state index in [1.54, 1.807) is 6.20 Å². The second kappa shape index (κ2) is 6.76. The van der Waals surface area contributed by atoms with Gasteiger partial charge in [0.25, 0.3) is 5.91 Å². The summed E-state index contributed by atoms with van der Waals surface area (Å²) in [7, 11) is 0. The van der Waals surface area contributed by atoms with Crippen molar-refractivity contribution in [1.29, 1.82) is 0 Å². The predicted molar refractivity (Wildman–Crippen MR) is 76.8 cm³/mol. The van der Waals surface area contributed by atoms with Gasteiger partial charge in [0.05, 0.1) is 17.8 Å². The number of aromatic nitrogens is 2. The molecule has 7 heteroatoms. The van der Waals surface area contributed by atoms with Gasteiger partial charge in [-0.1, -0.05) is 13.0 Å². The summed E-state index contributed by atoms with van der Waals surface area (Å²) in [4.78, 5) is 19.9. The van der Waals surface area contributed by atoms with Gasteiger partial charge in [0.1, 0.15) is 0 Å². The number of hydrogen-bond acceptors (Lipinski definition) is 5. The third-order valence-electron chi connectivity index (χ3n) is 3.05. The molecule has 0 fully saturated rings. The summed E-state index contributed by atoms with van der Waals surface area (Å²) in [6.07, 6.45) is 3.78. The molecule has 0 saturated heterocycles. The smallest absolute Gasteiger partial charge is 0.254 e. The van der Waals surface area contributed by atoms with Crippen LogP contribution >= 0.6 is 0 Å². The van der Waals surface area contributed by atoms with E-state index < -0.39 is 11.7 Å². The number of pyridine rings is 2. The molecule has 2 rings (SSSR count). The van der Waals surface area contributed by atoms with E-state index in [4.69, 9.17) is 5.84 Å². The number of aryl methyl sites for hydroxylation is 1. The van der Waals surface area contributed by atoms with Crippen molar-refractivity contribution in [3.8, 4) is 0 Å². The highest BCUT2D eigenvalue weighted by atomic mass is 19.1. The Bertz CT molecular complexity index is 647. The lowest BCUT2D eigenvalue weighted by Crippen LogP contribution is -2.25. The lowest BCUT2D eigenvalue weighted by Gasteiger charge is -2.09. The molecule has 0 aliphatic rings. The molecule has 2 aromatic heterocycles. The van der Waals surface area contributed by atoms with Gasteiger partial charge in [-0.3, -0.25) is 9.78 Å². The fourth-order valence-corrected chi connectivity index (χ4v) is 1.93. The zero-order valence-electron chi connectivity index (χ0n) is 11.6. The van der Waals surface area contributed by atoms with E-state index in [2.05, 4.69) is 20.7 Å². The van der Waals surface area contributed by atoms with Crippen molar-refractivity contribution >= 4 is 11.7 Å². The molecule has 0 bridgehead atoms. The average molecular weight is 289 g/mol. The second-order valence-corrected chi connectivity index (χ2v) is 4.31. The van der Waals surface area contributed by atoms with Crippen LogP contribution in [0.3, 0.4) is 0 Å². The number of nitrogens with two attached hydrogens (primary N) is 1. The largest absolute Gasteiger partial charge is 0.346 e. The van der Waals surface area contributed by atoms with Crippen LogP contribution in [0, 0.1) is 5.82 Å². The summed E-state index contributed by atoms with van der Waals surface area (Å²) >= 11 is 0. The van der Waals surface area contributed by atoms with Crippen molar-refractivity contribution < 1.29 is 9.18 Å². The predicted octanol–water partition coefficient (Wildman–Crippen LogP) is 1.39. The monoisotopic (exact) mass is 289 g/mol. The van der Waals surface area contributed by atoms with E-state index in [0.717, 1.165) is 17.7 Å². The molecular formula is C14H16FN5O. The molecule has 0 aliphatic carbocycles. The normalized spacial score (nSPS) is 10.2. The lowest BCUT2D eigenvalue weighted by molar-refractivity contribution is 0.0946. The maximum absolute atomic E-state index is 13.9. The Hall–Kier alpha value is -2.54. The molecule has 6 nitrogen and oxygen atoms in total. The van der Waals surface area contributed by atoms with Gasteiger partial charge in [-0.15, -0.1) is 0 Å². The molecule has 1 amide bonds. The molecule has 2 heterocycles. The molecule has 0 atom stereocenters. The Morgan fingerprint density at radius 3 is 2.86 bits per heavy atom. The molecule has 0 aliphatic heterocycles. The summed E-state index contributed by atoms with van der Waals surface area (Å²) in [5.74, 6) is 3.63. The quantitative estimate of drug-likeness (QED) is 0.571. The van der Waals surface area contributed by atoms with Crippen LogP contribution in [0.2, 0.25) is 0 Å². The van der Waals surface area contributed by atoms with Crippen molar-refractivity contribution in [2.45, 2.75) is 19.9 Å². The van der Waals surface area contributed by atoms with Crippen molar-refractivity contribution in [1.82, 2.24) is 15.3 Å². The van der Waals surface area contributed by atoms with Crippen molar-refractivity contribution in [3.05, 3.63) is 53.2 Å². The van der Waals surface area contributed by atoms with Crippen LogP contribution in [0.25, 0.3) is 0 Å². The number of hydrogen-bond donors (Lipinski definition) is 3. The van der Waals surface area contributed by atoms with Gasteiger partial charge in [0.15, 0.2) is 11.6 Å². The highest BCUT2D eigenvalue weighted by molar-refractivity contribution is 5.95. The maximum Gasteiger partial charge on any atom is 0.254 e. The molecule has 0 aromatic carbocycles. The lowest BCUT2D eigenvalue weighted by atomic mass is 10.1. The number of anilines is 1. The van der Waals surface area contributed by atoms with Gasteiger partial charge in [-0.2, -0.15) is 0 Å². The number of nitrogen functional groups attached to an aromatic ring is 1. The van der Waals surface area contributed by atoms with E-state index in [1.165, 1.54) is 12.3 Å². The Kier molecular flexibility index (Phi) is 4.78. The van der Waals surface area contributed by atoms with E-state index in [9.17, 15) is 9.18 Å². The Morgan fingerprint density at radius 1 is 1.33 bits per heavy atom. The first-order valence-corrected chi connectivity index (χ1v) is 6.49. The zero-order chi connectivity index (χ0) is 15.2. The van der Waals surface area contributed by atoms with Crippen LogP contribution in [0.15, 0.2) is 30.6 Å². The number of nitrogens with one attached hydrogen (secondary N) is 2. The SMILES string of the molecule is CCc1cccnc1CNC(=O)c1ccnc(NN)c1F. The molecular weight excluding hydrogens is 273 g/mol. The Balaban J connectivity index is 2.12. The highest BCUT2D eigenvalue weighted by Gasteiger charge is 2.15. The highest BCUT2D eigenvalue weighted by Crippen LogP contribution is 2.14. The number of halogens is 1. The van der Waals surface area contributed by atoms with Gasteiger partial charge >= 0.3 is 0 Å². The van der Waals surface area contributed by atoms with Crippen LogP contribution < -0.4 is 16.6 Å². The molecule has 0 unspecified atom stereocenters. The van der Waals surface area contributed by atoms with Gasteiger partial charge in [0.2, 0.25) is 0 Å².